The van der Waals surface area contributed by atoms with Crippen molar-refractivity contribution in [1.29, 1.82) is 0 Å². The number of carbonyl (C=O) groups excluding carboxylic acids is 4. The number of Topliss-reactive ketones (excluding diaryl/α,β-unsaturated/α-hetero) is 1. The Morgan fingerprint density at radius 1 is 1.02 bits per heavy atom. The van der Waals surface area contributed by atoms with Gasteiger partial charge in [-0.15, -0.1) is 0 Å². The number of nitrogens with zero attached hydrogens (tertiary/aromatic N) is 1. The molecule has 2 atom stereocenters. The molecule has 1 aliphatic rings. The van der Waals surface area contributed by atoms with Crippen LogP contribution in [-0.4, -0.2) is 65.2 Å². The van der Waals surface area contributed by atoms with Gasteiger partial charge in [0.25, 0.3) is 0 Å². The van der Waals surface area contributed by atoms with Crippen LogP contribution in [0.4, 0.5) is 23.2 Å². The largest absolute Gasteiger partial charge is 0.481 e. The Morgan fingerprint density at radius 2 is 1.66 bits per heavy atom. The second-order valence-corrected chi connectivity index (χ2v) is 11.1. The number of aliphatic carboxylic acids is 1. The van der Waals surface area contributed by atoms with E-state index in [1.807, 2.05) is 26.8 Å². The third kappa shape index (κ3) is 8.42. The maximum absolute atomic E-state index is 13.9. The molecular weight excluding hydrogens is 590 g/mol. The minimum Gasteiger partial charge on any atom is -0.481 e. The highest BCUT2D eigenvalue weighted by Gasteiger charge is 2.33. The molecule has 0 saturated heterocycles. The van der Waals surface area contributed by atoms with Gasteiger partial charge in [-0.2, -0.15) is 8.78 Å². The molecule has 44 heavy (non-hydrogen) atoms. The van der Waals surface area contributed by atoms with Crippen LogP contribution in [0, 0.1) is 29.2 Å². The number of carboxylic acids is 1. The minimum absolute atomic E-state index is 0.0103. The SMILES string of the molecule is CC(C)(C)c1ccccc1NC(=O)C(=O)N1CC=CC[C@H](C(=O)N[C@@H](CC(=O)O)C(=O)COc2c(F)c(F)cc(F)c2F)C1. The van der Waals surface area contributed by atoms with Crippen molar-refractivity contribution >= 4 is 35.2 Å². The van der Waals surface area contributed by atoms with Crippen molar-refractivity contribution in [2.45, 2.75) is 45.1 Å². The van der Waals surface area contributed by atoms with E-state index >= 15 is 0 Å². The molecule has 0 bridgehead atoms. The van der Waals surface area contributed by atoms with E-state index in [4.69, 9.17) is 0 Å². The standard InChI is InChI=1S/C30H31F4N3O7/c1-30(2,3)17-9-4-5-10-20(17)35-28(42)29(43)37-11-7-6-8-16(14-37)27(41)36-21(13-23(39)40)22(38)15-44-26-24(33)18(31)12-19(32)25(26)34/h4-7,9-10,12,16,21H,8,11,13-15H2,1-3H3,(H,35,42)(H,36,41)(H,39,40)/t16-,21-/m0/s1. The summed E-state index contributed by atoms with van der Waals surface area (Å²) in [6.07, 6.45) is 2.24. The third-order valence-electron chi connectivity index (χ3n) is 6.70. The summed E-state index contributed by atoms with van der Waals surface area (Å²) in [6, 6.07) is 5.15. The molecule has 0 spiro atoms. The molecule has 2 aromatic rings. The smallest absolute Gasteiger partial charge is 0.313 e. The van der Waals surface area contributed by atoms with Crippen molar-refractivity contribution in [2.24, 2.45) is 5.92 Å². The van der Waals surface area contributed by atoms with Gasteiger partial charge in [0.1, 0.15) is 12.6 Å². The van der Waals surface area contributed by atoms with E-state index in [0.717, 1.165) is 10.5 Å². The molecule has 3 rings (SSSR count). The fourth-order valence-electron chi connectivity index (χ4n) is 4.43. The number of carbonyl (C=O) groups is 5. The number of rotatable bonds is 9. The van der Waals surface area contributed by atoms with E-state index in [-0.39, 0.29) is 31.0 Å². The van der Waals surface area contributed by atoms with Crippen LogP contribution in [0.1, 0.15) is 39.2 Å². The van der Waals surface area contributed by atoms with Crippen LogP contribution in [0.15, 0.2) is 42.5 Å². The highest BCUT2D eigenvalue weighted by atomic mass is 19.2. The zero-order chi connectivity index (χ0) is 32.8. The molecular formula is C30H31F4N3O7. The summed E-state index contributed by atoms with van der Waals surface area (Å²) < 4.78 is 59.3. The monoisotopic (exact) mass is 621 g/mol. The molecule has 0 fully saturated rings. The first kappa shape index (κ1) is 33.7. The number of amides is 3. The van der Waals surface area contributed by atoms with Gasteiger partial charge in [0.15, 0.2) is 23.2 Å². The van der Waals surface area contributed by atoms with Gasteiger partial charge in [0, 0.05) is 24.8 Å². The zero-order valence-electron chi connectivity index (χ0n) is 24.1. The number of para-hydroxylation sites is 1. The topological polar surface area (TPSA) is 142 Å². The average Bonchev–Trinajstić information content (AvgIpc) is 3.21. The molecule has 3 amide bonds. The predicted molar refractivity (Wildman–Crippen MR) is 149 cm³/mol. The number of hydrogen-bond donors (Lipinski definition) is 3. The van der Waals surface area contributed by atoms with E-state index in [9.17, 15) is 46.6 Å². The normalized spacial score (nSPS) is 15.6. The Balaban J connectivity index is 1.70. The highest BCUT2D eigenvalue weighted by Crippen LogP contribution is 2.29. The van der Waals surface area contributed by atoms with Gasteiger partial charge in [0.05, 0.1) is 12.3 Å². The Hall–Kier alpha value is -4.75. The lowest BCUT2D eigenvalue weighted by molar-refractivity contribution is -0.144. The van der Waals surface area contributed by atoms with Gasteiger partial charge >= 0.3 is 17.8 Å². The minimum atomic E-state index is -1.91. The molecule has 0 radical (unpaired) electrons. The van der Waals surface area contributed by atoms with E-state index < -0.39 is 83.5 Å². The van der Waals surface area contributed by atoms with Crippen LogP contribution in [0.5, 0.6) is 5.75 Å². The van der Waals surface area contributed by atoms with Crippen LogP contribution in [0.2, 0.25) is 0 Å². The molecule has 0 aromatic heterocycles. The summed E-state index contributed by atoms with van der Waals surface area (Å²) in [5, 5.41) is 14.1. The zero-order valence-corrected chi connectivity index (χ0v) is 24.1. The second-order valence-electron chi connectivity index (χ2n) is 11.1. The van der Waals surface area contributed by atoms with E-state index in [1.54, 1.807) is 30.4 Å². The molecule has 0 aliphatic carbocycles. The van der Waals surface area contributed by atoms with Crippen molar-refractivity contribution in [3.05, 3.63) is 71.3 Å². The Bertz CT molecular complexity index is 1460. The van der Waals surface area contributed by atoms with Crippen molar-refractivity contribution in [3.8, 4) is 5.75 Å². The lowest BCUT2D eigenvalue weighted by Crippen LogP contribution is -2.49. The maximum Gasteiger partial charge on any atom is 0.313 e. The van der Waals surface area contributed by atoms with Gasteiger partial charge in [-0.1, -0.05) is 51.1 Å². The summed E-state index contributed by atoms with van der Waals surface area (Å²) in [5.41, 5.74) is 0.892. The third-order valence-corrected chi connectivity index (χ3v) is 6.70. The lowest BCUT2D eigenvalue weighted by Gasteiger charge is -2.26. The molecule has 1 aliphatic heterocycles. The summed E-state index contributed by atoms with van der Waals surface area (Å²) in [4.78, 5) is 64.3. The van der Waals surface area contributed by atoms with Gasteiger partial charge < -0.3 is 25.4 Å². The molecule has 14 heteroatoms. The van der Waals surface area contributed by atoms with Gasteiger partial charge in [-0.25, -0.2) is 8.78 Å². The van der Waals surface area contributed by atoms with Crippen molar-refractivity contribution < 1.29 is 51.4 Å². The average molecular weight is 622 g/mol. The van der Waals surface area contributed by atoms with Crippen LogP contribution >= 0.6 is 0 Å². The van der Waals surface area contributed by atoms with Crippen molar-refractivity contribution in [2.75, 3.05) is 25.0 Å². The van der Waals surface area contributed by atoms with E-state index in [0.29, 0.717) is 5.69 Å². The molecule has 1 heterocycles. The van der Waals surface area contributed by atoms with Crippen LogP contribution in [0.25, 0.3) is 0 Å². The number of anilines is 1. The van der Waals surface area contributed by atoms with Gasteiger partial charge in [-0.3, -0.25) is 24.0 Å². The Labute approximate surface area is 250 Å². The number of benzene rings is 2. The quantitative estimate of drug-likeness (QED) is 0.168. The number of ether oxygens (including phenoxy) is 1. The van der Waals surface area contributed by atoms with Crippen LogP contribution < -0.4 is 15.4 Å². The molecule has 10 nitrogen and oxygen atoms in total. The summed E-state index contributed by atoms with van der Waals surface area (Å²) in [7, 11) is 0. The molecule has 0 unspecified atom stereocenters. The summed E-state index contributed by atoms with van der Waals surface area (Å²) >= 11 is 0. The van der Waals surface area contributed by atoms with E-state index in [2.05, 4.69) is 15.4 Å². The number of allylic oxidation sites excluding steroid dienone is 1. The van der Waals surface area contributed by atoms with Crippen molar-refractivity contribution in [3.63, 3.8) is 0 Å². The first-order valence-corrected chi connectivity index (χ1v) is 13.5. The molecule has 2 aromatic carbocycles. The fraction of sp³-hybridized carbons (Fsp3) is 0.367. The van der Waals surface area contributed by atoms with E-state index in [1.165, 1.54) is 0 Å². The van der Waals surface area contributed by atoms with Gasteiger partial charge in [0.2, 0.25) is 17.5 Å². The molecule has 236 valence electrons. The lowest BCUT2D eigenvalue weighted by atomic mass is 9.86. The Kier molecular flexibility index (Phi) is 10.9. The molecule has 0 saturated carbocycles. The number of hydrogen-bond acceptors (Lipinski definition) is 6. The highest BCUT2D eigenvalue weighted by molar-refractivity contribution is 6.39. The number of carboxylic acid groups (broad SMARTS) is 1. The fourth-order valence-corrected chi connectivity index (χ4v) is 4.43. The summed E-state index contributed by atoms with van der Waals surface area (Å²) in [5.74, 6) is -15.4. The first-order chi connectivity index (χ1) is 20.6. The Morgan fingerprint density at radius 3 is 2.27 bits per heavy atom. The number of nitrogens with one attached hydrogen (secondary N) is 2. The van der Waals surface area contributed by atoms with Crippen LogP contribution in [0.3, 0.4) is 0 Å². The molecule has 3 N–H and O–H groups in total. The van der Waals surface area contributed by atoms with Crippen LogP contribution in [-0.2, 0) is 29.4 Å². The predicted octanol–water partition coefficient (Wildman–Crippen LogP) is 3.49. The number of ketones is 1. The van der Waals surface area contributed by atoms with Gasteiger partial charge in [-0.05, 0) is 23.5 Å². The van der Waals surface area contributed by atoms with Crippen molar-refractivity contribution in [1.82, 2.24) is 10.2 Å². The number of halogens is 4. The second kappa shape index (κ2) is 14.1. The first-order valence-electron chi connectivity index (χ1n) is 13.5. The summed E-state index contributed by atoms with van der Waals surface area (Å²) in [6.45, 7) is 4.30. The maximum atomic E-state index is 13.9.